The third-order valence-corrected chi connectivity index (χ3v) is 11.5. The molecule has 10 rings (SSSR count). The van der Waals surface area contributed by atoms with E-state index in [0.29, 0.717) is 0 Å². The number of rotatable bonds is 5. The second-order valence-corrected chi connectivity index (χ2v) is 14.8. The van der Waals surface area contributed by atoms with Crippen molar-refractivity contribution in [3.8, 4) is 66.8 Å². The molecule has 0 atom stereocenters. The molecule has 0 radical (unpaired) electrons. The first-order valence-corrected chi connectivity index (χ1v) is 18.6. The van der Waals surface area contributed by atoms with Crippen LogP contribution >= 0.6 is 0 Å². The summed E-state index contributed by atoms with van der Waals surface area (Å²) in [7, 11) is 0. The van der Waals surface area contributed by atoms with Crippen LogP contribution in [0.3, 0.4) is 0 Å². The van der Waals surface area contributed by atoms with Crippen molar-refractivity contribution in [2.45, 2.75) is 19.3 Å². The Bertz CT molecular complexity index is 2820. The summed E-state index contributed by atoms with van der Waals surface area (Å²) in [5, 5.41) is 5.05. The molecular formula is C53H38. The van der Waals surface area contributed by atoms with Crippen molar-refractivity contribution in [3.05, 3.63) is 205 Å². The summed E-state index contributed by atoms with van der Waals surface area (Å²) >= 11 is 0. The first kappa shape index (κ1) is 31.3. The zero-order valence-electron chi connectivity index (χ0n) is 30.0. The minimum Gasteiger partial charge on any atom is -0.0622 e. The second-order valence-electron chi connectivity index (χ2n) is 14.8. The molecule has 0 heteroatoms. The maximum Gasteiger partial charge on any atom is 0.0159 e. The lowest BCUT2D eigenvalue weighted by Gasteiger charge is -2.23. The molecule has 0 saturated carbocycles. The monoisotopic (exact) mass is 674 g/mol. The van der Waals surface area contributed by atoms with Crippen molar-refractivity contribution < 1.29 is 0 Å². The van der Waals surface area contributed by atoms with E-state index in [0.717, 1.165) is 0 Å². The lowest BCUT2D eigenvalue weighted by Crippen LogP contribution is -2.14. The fourth-order valence-electron chi connectivity index (χ4n) is 8.88. The van der Waals surface area contributed by atoms with Crippen molar-refractivity contribution in [1.82, 2.24) is 0 Å². The molecule has 250 valence electrons. The van der Waals surface area contributed by atoms with Crippen molar-refractivity contribution in [2.24, 2.45) is 0 Å². The molecule has 0 heterocycles. The molecule has 1 aliphatic rings. The minimum absolute atomic E-state index is 0.0856. The van der Waals surface area contributed by atoms with Crippen LogP contribution in [0.2, 0.25) is 0 Å². The maximum atomic E-state index is 2.48. The Kier molecular flexibility index (Phi) is 7.27. The summed E-state index contributed by atoms with van der Waals surface area (Å²) in [6, 6.07) is 71.7. The van der Waals surface area contributed by atoms with Gasteiger partial charge in [0.1, 0.15) is 0 Å². The van der Waals surface area contributed by atoms with Gasteiger partial charge in [0.15, 0.2) is 0 Å². The van der Waals surface area contributed by atoms with E-state index in [1.807, 2.05) is 0 Å². The number of hydrogen-bond acceptors (Lipinski definition) is 0. The van der Waals surface area contributed by atoms with Gasteiger partial charge in [0.2, 0.25) is 0 Å². The maximum absolute atomic E-state index is 2.48. The number of fused-ring (bicyclic) bond motifs is 5. The first-order valence-electron chi connectivity index (χ1n) is 18.6. The van der Waals surface area contributed by atoms with E-state index < -0.39 is 0 Å². The summed E-state index contributed by atoms with van der Waals surface area (Å²) in [4.78, 5) is 0. The van der Waals surface area contributed by atoms with Gasteiger partial charge < -0.3 is 0 Å². The molecule has 0 amide bonds. The molecule has 0 unspecified atom stereocenters. The summed E-state index contributed by atoms with van der Waals surface area (Å²) < 4.78 is 0. The van der Waals surface area contributed by atoms with E-state index in [1.54, 1.807) is 0 Å². The Morgan fingerprint density at radius 1 is 0.264 bits per heavy atom. The molecule has 0 N–H and O–H groups in total. The Morgan fingerprint density at radius 3 is 1.45 bits per heavy atom. The Morgan fingerprint density at radius 2 is 0.736 bits per heavy atom. The van der Waals surface area contributed by atoms with Crippen molar-refractivity contribution in [2.75, 3.05) is 0 Å². The fourth-order valence-corrected chi connectivity index (χ4v) is 8.88. The zero-order chi connectivity index (χ0) is 35.5. The lowest BCUT2D eigenvalue weighted by molar-refractivity contribution is 0.660. The van der Waals surface area contributed by atoms with E-state index in [9.17, 15) is 0 Å². The van der Waals surface area contributed by atoms with Crippen LogP contribution < -0.4 is 0 Å². The van der Waals surface area contributed by atoms with Gasteiger partial charge in [0, 0.05) is 5.41 Å². The molecule has 0 aliphatic heterocycles. The fraction of sp³-hybridized carbons (Fsp3) is 0.0566. The molecule has 0 spiro atoms. The van der Waals surface area contributed by atoms with Crippen LogP contribution in [0.5, 0.6) is 0 Å². The minimum atomic E-state index is -0.0856. The van der Waals surface area contributed by atoms with Crippen LogP contribution in [0.25, 0.3) is 88.3 Å². The molecule has 9 aromatic rings. The van der Waals surface area contributed by atoms with Crippen molar-refractivity contribution in [3.63, 3.8) is 0 Å². The molecule has 0 bridgehead atoms. The van der Waals surface area contributed by atoms with Gasteiger partial charge in [-0.3, -0.25) is 0 Å². The normalized spacial score (nSPS) is 12.9. The lowest BCUT2D eigenvalue weighted by atomic mass is 9.80. The van der Waals surface area contributed by atoms with Gasteiger partial charge in [-0.2, -0.15) is 0 Å². The van der Waals surface area contributed by atoms with Crippen LogP contribution in [0.15, 0.2) is 194 Å². The zero-order valence-corrected chi connectivity index (χ0v) is 30.0. The number of benzene rings is 9. The molecular weight excluding hydrogens is 637 g/mol. The predicted molar refractivity (Wildman–Crippen MR) is 226 cm³/mol. The summed E-state index contributed by atoms with van der Waals surface area (Å²) in [6.45, 7) is 4.75. The van der Waals surface area contributed by atoms with Crippen LogP contribution in [0.1, 0.15) is 25.0 Å². The van der Waals surface area contributed by atoms with E-state index in [2.05, 4.69) is 208 Å². The van der Waals surface area contributed by atoms with Gasteiger partial charge in [0.25, 0.3) is 0 Å². The van der Waals surface area contributed by atoms with Gasteiger partial charge in [-0.25, -0.2) is 0 Å². The van der Waals surface area contributed by atoms with Crippen molar-refractivity contribution >= 4 is 21.5 Å². The Balaban J connectivity index is 1.24. The van der Waals surface area contributed by atoms with E-state index in [-0.39, 0.29) is 5.41 Å². The second kappa shape index (κ2) is 12.3. The van der Waals surface area contributed by atoms with Crippen LogP contribution in [-0.4, -0.2) is 0 Å². The first-order chi connectivity index (χ1) is 26.1. The predicted octanol–water partition coefficient (Wildman–Crippen LogP) is 14.6. The van der Waals surface area contributed by atoms with E-state index >= 15 is 0 Å². The molecule has 53 heavy (non-hydrogen) atoms. The molecule has 9 aromatic carbocycles. The van der Waals surface area contributed by atoms with Crippen molar-refractivity contribution in [1.29, 1.82) is 0 Å². The van der Waals surface area contributed by atoms with Gasteiger partial charge in [-0.1, -0.05) is 196 Å². The average Bonchev–Trinajstić information content (AvgIpc) is 3.45. The SMILES string of the molecule is CC1(C)c2ccccc2-c2ccc(-c3c4ccccc4c(-c4ccccc4-c4ccc(-c5ccccc5)cc4)c4ccc(-c5ccccc5)cc34)cc21. The summed E-state index contributed by atoms with van der Waals surface area (Å²) in [5.41, 5.74) is 17.8. The summed E-state index contributed by atoms with van der Waals surface area (Å²) in [5.74, 6) is 0. The standard InChI is InChI=1S/C53H38/c1-53(2)49-24-14-13-20-42(49)43-31-30-40(34-50(43)53)51-45-22-11-12-23-46(45)52(47-32-29-39(33-48(47)51)36-17-7-4-8-18-36)44-21-10-9-19-41(44)38-27-25-37(26-28-38)35-15-5-3-6-16-35/h3-34H,1-2H3. The molecule has 0 nitrogen and oxygen atoms in total. The topological polar surface area (TPSA) is 0 Å². The molecule has 0 fully saturated rings. The Labute approximate surface area is 311 Å². The highest BCUT2D eigenvalue weighted by Crippen LogP contribution is 2.52. The van der Waals surface area contributed by atoms with Crippen LogP contribution in [0.4, 0.5) is 0 Å². The highest BCUT2D eigenvalue weighted by molar-refractivity contribution is 6.23. The van der Waals surface area contributed by atoms with Gasteiger partial charge in [-0.05, 0) is 112 Å². The molecule has 0 saturated heterocycles. The third kappa shape index (κ3) is 5.06. The highest BCUT2D eigenvalue weighted by Gasteiger charge is 2.35. The molecule has 0 aromatic heterocycles. The average molecular weight is 675 g/mol. The molecule has 1 aliphatic carbocycles. The largest absolute Gasteiger partial charge is 0.0622 e. The smallest absolute Gasteiger partial charge is 0.0159 e. The van der Waals surface area contributed by atoms with E-state index in [4.69, 9.17) is 0 Å². The summed E-state index contributed by atoms with van der Waals surface area (Å²) in [6.07, 6.45) is 0. The van der Waals surface area contributed by atoms with Gasteiger partial charge in [-0.15, -0.1) is 0 Å². The van der Waals surface area contributed by atoms with Gasteiger partial charge >= 0.3 is 0 Å². The quantitative estimate of drug-likeness (QED) is 0.159. The van der Waals surface area contributed by atoms with E-state index in [1.165, 1.54) is 99.4 Å². The Hall–Kier alpha value is -6.50. The number of hydrogen-bond donors (Lipinski definition) is 0. The van der Waals surface area contributed by atoms with Gasteiger partial charge in [0.05, 0.1) is 0 Å². The highest BCUT2D eigenvalue weighted by atomic mass is 14.4. The third-order valence-electron chi connectivity index (χ3n) is 11.5. The van der Waals surface area contributed by atoms with Crippen LogP contribution in [-0.2, 0) is 5.41 Å². The van der Waals surface area contributed by atoms with Crippen LogP contribution in [0, 0.1) is 0 Å².